The third-order valence-electron chi connectivity index (χ3n) is 5.23. The summed E-state index contributed by atoms with van der Waals surface area (Å²) in [5, 5.41) is 6.43. The average molecular weight is 382 g/mol. The average Bonchev–Trinajstić information content (AvgIpc) is 3.07. The van der Waals surface area contributed by atoms with Crippen molar-refractivity contribution in [2.45, 2.75) is 25.7 Å². The van der Waals surface area contributed by atoms with E-state index in [4.69, 9.17) is 4.74 Å². The molecule has 0 atom stereocenters. The van der Waals surface area contributed by atoms with E-state index in [1.807, 2.05) is 18.2 Å². The molecule has 0 unspecified atom stereocenters. The van der Waals surface area contributed by atoms with Crippen LogP contribution in [0.15, 0.2) is 24.3 Å². The summed E-state index contributed by atoms with van der Waals surface area (Å²) in [5.41, 5.74) is 1.40. The molecule has 144 valence electrons. The van der Waals surface area contributed by atoms with Crippen LogP contribution in [-0.2, 0) is 9.53 Å². The van der Waals surface area contributed by atoms with Crippen LogP contribution in [0.1, 0.15) is 36.0 Å². The van der Waals surface area contributed by atoms with E-state index in [2.05, 4.69) is 10.6 Å². The van der Waals surface area contributed by atoms with Gasteiger partial charge in [0.1, 0.15) is 0 Å². The molecule has 3 rings (SSSR count). The summed E-state index contributed by atoms with van der Waals surface area (Å²) < 4.78 is 5.40. The van der Waals surface area contributed by atoms with Crippen molar-refractivity contribution < 1.29 is 14.3 Å². The number of amides is 2. The highest BCUT2D eigenvalue weighted by molar-refractivity contribution is 5.99. The monoisotopic (exact) mass is 381 g/mol. The smallest absolute Gasteiger partial charge is 0.251 e. The number of carbonyl (C=O) groups excluding carboxylic acids is 2. The Kier molecular flexibility index (Phi) is 7.43. The zero-order valence-electron chi connectivity index (χ0n) is 15.3. The van der Waals surface area contributed by atoms with Crippen molar-refractivity contribution in [2.24, 2.45) is 5.41 Å². The summed E-state index contributed by atoms with van der Waals surface area (Å²) >= 11 is 0. The molecule has 0 saturated carbocycles. The van der Waals surface area contributed by atoms with Gasteiger partial charge in [-0.15, -0.1) is 12.4 Å². The van der Waals surface area contributed by atoms with E-state index in [1.54, 1.807) is 18.1 Å². The number of methoxy groups -OCH3 is 1. The van der Waals surface area contributed by atoms with E-state index in [0.29, 0.717) is 25.1 Å². The van der Waals surface area contributed by atoms with Crippen molar-refractivity contribution in [3.63, 3.8) is 0 Å². The second-order valence-corrected chi connectivity index (χ2v) is 7.06. The van der Waals surface area contributed by atoms with E-state index < -0.39 is 0 Å². The molecule has 0 aromatic heterocycles. The van der Waals surface area contributed by atoms with Gasteiger partial charge in [-0.2, -0.15) is 0 Å². The molecule has 0 radical (unpaired) electrons. The Balaban J connectivity index is 0.00000243. The Morgan fingerprint density at radius 1 is 1.35 bits per heavy atom. The number of rotatable bonds is 6. The van der Waals surface area contributed by atoms with Crippen LogP contribution in [0.25, 0.3) is 0 Å². The minimum atomic E-state index is -0.0949. The highest BCUT2D eigenvalue weighted by Gasteiger charge is 2.32. The van der Waals surface area contributed by atoms with Gasteiger partial charge in [-0.1, -0.05) is 6.07 Å². The Morgan fingerprint density at radius 3 is 2.77 bits per heavy atom. The number of nitrogens with one attached hydrogen (secondary N) is 2. The van der Waals surface area contributed by atoms with Gasteiger partial charge in [0, 0.05) is 43.3 Å². The molecule has 2 N–H and O–H groups in total. The molecule has 0 bridgehead atoms. The number of hydrogen-bond acceptors (Lipinski definition) is 4. The van der Waals surface area contributed by atoms with Crippen LogP contribution in [0.4, 0.5) is 5.69 Å². The quantitative estimate of drug-likeness (QED) is 0.790. The van der Waals surface area contributed by atoms with Gasteiger partial charge in [0.05, 0.1) is 6.61 Å². The van der Waals surface area contributed by atoms with Crippen LogP contribution in [0.5, 0.6) is 0 Å². The second-order valence-electron chi connectivity index (χ2n) is 7.06. The summed E-state index contributed by atoms with van der Waals surface area (Å²) in [5.74, 6) is 0.0359. The van der Waals surface area contributed by atoms with Gasteiger partial charge in [0.2, 0.25) is 5.91 Å². The highest BCUT2D eigenvalue weighted by atomic mass is 35.5. The summed E-state index contributed by atoms with van der Waals surface area (Å²) in [6, 6.07) is 7.33. The van der Waals surface area contributed by atoms with E-state index >= 15 is 0 Å². The first-order chi connectivity index (χ1) is 12.1. The topological polar surface area (TPSA) is 70.7 Å². The maximum absolute atomic E-state index is 12.6. The van der Waals surface area contributed by atoms with Gasteiger partial charge in [0.15, 0.2) is 0 Å². The Bertz CT molecular complexity index is 627. The standard InChI is InChI=1S/C19H27N3O3.ClH/c1-25-14-19(7-9-20-10-8-19)13-21-18(24)15-4-2-5-16(12-15)22-11-3-6-17(22)23;/h2,4-5,12,20H,3,6-11,13-14H2,1H3,(H,21,24);1H. The van der Waals surface area contributed by atoms with Gasteiger partial charge >= 0.3 is 0 Å². The number of benzene rings is 1. The summed E-state index contributed by atoms with van der Waals surface area (Å²) in [7, 11) is 1.71. The van der Waals surface area contributed by atoms with E-state index in [0.717, 1.165) is 44.6 Å². The van der Waals surface area contributed by atoms with Gasteiger partial charge in [-0.25, -0.2) is 0 Å². The van der Waals surface area contributed by atoms with Crippen molar-refractivity contribution in [3.05, 3.63) is 29.8 Å². The van der Waals surface area contributed by atoms with Crippen LogP contribution in [0.2, 0.25) is 0 Å². The minimum Gasteiger partial charge on any atom is -0.384 e. The van der Waals surface area contributed by atoms with Crippen molar-refractivity contribution in [3.8, 4) is 0 Å². The molecule has 0 spiro atoms. The molecule has 6 nitrogen and oxygen atoms in total. The van der Waals surface area contributed by atoms with E-state index in [1.165, 1.54) is 0 Å². The first kappa shape index (κ1) is 20.7. The normalized spacial score (nSPS) is 19.1. The van der Waals surface area contributed by atoms with E-state index in [-0.39, 0.29) is 29.6 Å². The first-order valence-electron chi connectivity index (χ1n) is 9.02. The molecule has 2 aliphatic heterocycles. The fourth-order valence-electron chi connectivity index (χ4n) is 3.74. The summed E-state index contributed by atoms with van der Waals surface area (Å²) in [6.45, 7) is 3.89. The zero-order chi connectivity index (χ0) is 17.7. The van der Waals surface area contributed by atoms with Crippen molar-refractivity contribution >= 4 is 29.9 Å². The molecular weight excluding hydrogens is 354 g/mol. The molecule has 0 aliphatic carbocycles. The lowest BCUT2D eigenvalue weighted by Gasteiger charge is -2.37. The number of nitrogens with zero attached hydrogens (tertiary/aromatic N) is 1. The van der Waals surface area contributed by atoms with Crippen LogP contribution >= 0.6 is 12.4 Å². The number of piperidine rings is 1. The molecule has 1 aromatic carbocycles. The Morgan fingerprint density at radius 2 is 2.12 bits per heavy atom. The molecule has 2 aliphatic rings. The molecular formula is C19H28ClN3O3. The van der Waals surface area contributed by atoms with Crippen LogP contribution < -0.4 is 15.5 Å². The minimum absolute atomic E-state index is 0. The molecule has 1 aromatic rings. The number of hydrogen-bond donors (Lipinski definition) is 2. The number of anilines is 1. The second kappa shape index (κ2) is 9.35. The predicted molar refractivity (Wildman–Crippen MR) is 104 cm³/mol. The van der Waals surface area contributed by atoms with E-state index in [9.17, 15) is 9.59 Å². The Labute approximate surface area is 161 Å². The van der Waals surface area contributed by atoms with Crippen LogP contribution in [0, 0.1) is 5.41 Å². The molecule has 26 heavy (non-hydrogen) atoms. The van der Waals surface area contributed by atoms with Crippen molar-refractivity contribution in [2.75, 3.05) is 44.8 Å². The van der Waals surface area contributed by atoms with Crippen LogP contribution in [0.3, 0.4) is 0 Å². The van der Waals surface area contributed by atoms with Crippen molar-refractivity contribution in [1.29, 1.82) is 0 Å². The fourth-order valence-corrected chi connectivity index (χ4v) is 3.74. The number of ether oxygens (including phenoxy) is 1. The lowest BCUT2D eigenvalue weighted by molar-refractivity contribution is -0.117. The molecule has 2 saturated heterocycles. The molecule has 7 heteroatoms. The van der Waals surface area contributed by atoms with Gasteiger partial charge < -0.3 is 20.3 Å². The largest absolute Gasteiger partial charge is 0.384 e. The molecule has 2 amide bonds. The fraction of sp³-hybridized carbons (Fsp3) is 0.579. The summed E-state index contributed by atoms with van der Waals surface area (Å²) in [6.07, 6.45) is 3.44. The van der Waals surface area contributed by atoms with Gasteiger partial charge in [-0.3, -0.25) is 9.59 Å². The third-order valence-corrected chi connectivity index (χ3v) is 5.23. The van der Waals surface area contributed by atoms with Gasteiger partial charge in [-0.05, 0) is 50.6 Å². The highest BCUT2D eigenvalue weighted by Crippen LogP contribution is 2.28. The zero-order valence-corrected chi connectivity index (χ0v) is 16.1. The first-order valence-corrected chi connectivity index (χ1v) is 9.02. The van der Waals surface area contributed by atoms with Gasteiger partial charge in [0.25, 0.3) is 5.91 Å². The molecule has 2 heterocycles. The predicted octanol–water partition coefficient (Wildman–Crippen LogP) is 1.98. The SMILES string of the molecule is COCC1(CNC(=O)c2cccc(N3CCCC3=O)c2)CCNCC1.Cl. The lowest BCUT2D eigenvalue weighted by atomic mass is 9.79. The maximum atomic E-state index is 12.6. The lowest BCUT2D eigenvalue weighted by Crippen LogP contribution is -2.47. The Hall–Kier alpha value is -1.63. The number of halogens is 1. The van der Waals surface area contributed by atoms with Crippen LogP contribution in [-0.4, -0.2) is 51.7 Å². The molecule has 2 fully saturated rings. The van der Waals surface area contributed by atoms with Crippen molar-refractivity contribution in [1.82, 2.24) is 10.6 Å². The number of carbonyl (C=O) groups is 2. The maximum Gasteiger partial charge on any atom is 0.251 e. The summed E-state index contributed by atoms with van der Waals surface area (Å²) in [4.78, 5) is 26.3. The third kappa shape index (κ3) is 4.75.